The lowest BCUT2D eigenvalue weighted by atomic mass is 10.2. The molecule has 0 saturated carbocycles. The van der Waals surface area contributed by atoms with E-state index in [1.807, 2.05) is 48.7 Å². The van der Waals surface area contributed by atoms with Gasteiger partial charge in [0.25, 0.3) is 5.91 Å². The van der Waals surface area contributed by atoms with Crippen LogP contribution in [0.25, 0.3) is 5.69 Å². The van der Waals surface area contributed by atoms with Crippen LogP contribution < -0.4 is 5.32 Å². The van der Waals surface area contributed by atoms with E-state index in [4.69, 9.17) is 11.6 Å². The Morgan fingerprint density at radius 1 is 0.963 bits per heavy atom. The third-order valence-electron chi connectivity index (χ3n) is 4.10. The van der Waals surface area contributed by atoms with Gasteiger partial charge in [0.1, 0.15) is 5.82 Å². The first-order valence-corrected chi connectivity index (χ1v) is 8.74. The molecular weight excluding hydrogens is 362 g/mol. The fourth-order valence-electron chi connectivity index (χ4n) is 2.70. The molecule has 4 aromatic rings. The number of hydrogen-bond donors (Lipinski definition) is 1. The number of carbonyl (C=O) groups excluding carboxylic acids is 1. The minimum Gasteiger partial charge on any atom is -0.307 e. The summed E-state index contributed by atoms with van der Waals surface area (Å²) in [6.45, 7) is 0.540. The van der Waals surface area contributed by atoms with Crippen LogP contribution in [0.2, 0.25) is 5.02 Å². The lowest BCUT2D eigenvalue weighted by molar-refractivity contribution is 0.102. The molecule has 7 heteroatoms. The van der Waals surface area contributed by atoms with Crippen LogP contribution in [0.3, 0.4) is 0 Å². The molecule has 1 N–H and O–H groups in total. The standard InChI is InChI=1S/C20H16ClN5O/c21-17-6-2-15(3-7-17)14-26-19(10-12-23-26)24-20(27)16-4-8-18(9-5-16)25-13-1-11-22-25/h1-13H,14H2,(H,24,27). The maximum atomic E-state index is 12.6. The highest BCUT2D eigenvalue weighted by Gasteiger charge is 2.10. The number of halogens is 1. The first-order valence-electron chi connectivity index (χ1n) is 8.37. The van der Waals surface area contributed by atoms with Gasteiger partial charge in [0, 0.05) is 29.0 Å². The van der Waals surface area contributed by atoms with Crippen LogP contribution in [0.4, 0.5) is 5.82 Å². The van der Waals surface area contributed by atoms with Crippen molar-refractivity contribution in [3.05, 3.63) is 95.4 Å². The zero-order chi connectivity index (χ0) is 18.6. The van der Waals surface area contributed by atoms with E-state index in [9.17, 15) is 4.79 Å². The van der Waals surface area contributed by atoms with Crippen LogP contribution in [-0.4, -0.2) is 25.5 Å². The predicted molar refractivity (Wildman–Crippen MR) is 104 cm³/mol. The Morgan fingerprint density at radius 2 is 1.74 bits per heavy atom. The third kappa shape index (κ3) is 3.91. The average molecular weight is 378 g/mol. The van der Waals surface area contributed by atoms with Gasteiger partial charge in [-0.1, -0.05) is 23.7 Å². The van der Waals surface area contributed by atoms with E-state index in [1.165, 1.54) is 0 Å². The van der Waals surface area contributed by atoms with Gasteiger partial charge in [-0.2, -0.15) is 10.2 Å². The summed E-state index contributed by atoms with van der Waals surface area (Å²) in [5.41, 5.74) is 2.50. The Kier molecular flexibility index (Phi) is 4.72. The summed E-state index contributed by atoms with van der Waals surface area (Å²) in [6.07, 6.45) is 5.22. The molecule has 6 nitrogen and oxygen atoms in total. The van der Waals surface area contributed by atoms with Crippen molar-refractivity contribution in [3.63, 3.8) is 0 Å². The van der Waals surface area contributed by atoms with E-state index >= 15 is 0 Å². The van der Waals surface area contributed by atoms with Gasteiger partial charge in [0.2, 0.25) is 0 Å². The summed E-state index contributed by atoms with van der Waals surface area (Å²) >= 11 is 5.92. The highest BCUT2D eigenvalue weighted by atomic mass is 35.5. The van der Waals surface area contributed by atoms with Crippen molar-refractivity contribution >= 4 is 23.3 Å². The highest BCUT2D eigenvalue weighted by molar-refractivity contribution is 6.30. The van der Waals surface area contributed by atoms with E-state index in [-0.39, 0.29) is 5.91 Å². The SMILES string of the molecule is O=C(Nc1ccnn1Cc1ccc(Cl)cc1)c1ccc(-n2cccn2)cc1. The molecule has 0 aliphatic carbocycles. The fourth-order valence-corrected chi connectivity index (χ4v) is 2.83. The number of aromatic nitrogens is 4. The lowest BCUT2D eigenvalue weighted by Crippen LogP contribution is -2.16. The van der Waals surface area contributed by atoms with Gasteiger partial charge in [-0.25, -0.2) is 9.36 Å². The van der Waals surface area contributed by atoms with E-state index < -0.39 is 0 Å². The van der Waals surface area contributed by atoms with Crippen molar-refractivity contribution in [2.45, 2.75) is 6.54 Å². The first-order chi connectivity index (χ1) is 13.2. The van der Waals surface area contributed by atoms with Crippen LogP contribution in [0, 0.1) is 0 Å². The van der Waals surface area contributed by atoms with E-state index in [1.54, 1.807) is 40.0 Å². The van der Waals surface area contributed by atoms with Gasteiger partial charge in [0.05, 0.1) is 18.4 Å². The fraction of sp³-hybridized carbons (Fsp3) is 0.0500. The van der Waals surface area contributed by atoms with Crippen LogP contribution >= 0.6 is 11.6 Å². The molecule has 0 saturated heterocycles. The van der Waals surface area contributed by atoms with Gasteiger partial charge in [-0.15, -0.1) is 0 Å². The average Bonchev–Trinajstić information content (AvgIpc) is 3.36. The Bertz CT molecular complexity index is 1040. The molecule has 1 amide bonds. The smallest absolute Gasteiger partial charge is 0.256 e. The van der Waals surface area contributed by atoms with Gasteiger partial charge in [0.15, 0.2) is 0 Å². The maximum absolute atomic E-state index is 12.6. The number of nitrogens with zero attached hydrogens (tertiary/aromatic N) is 4. The minimum atomic E-state index is -0.195. The minimum absolute atomic E-state index is 0.195. The molecule has 27 heavy (non-hydrogen) atoms. The van der Waals surface area contributed by atoms with Crippen molar-refractivity contribution in [1.82, 2.24) is 19.6 Å². The number of benzene rings is 2. The normalized spacial score (nSPS) is 10.7. The quantitative estimate of drug-likeness (QED) is 0.571. The predicted octanol–water partition coefficient (Wildman–Crippen LogP) is 4.02. The number of rotatable bonds is 5. The molecule has 2 aromatic heterocycles. The molecule has 2 heterocycles. The third-order valence-corrected chi connectivity index (χ3v) is 4.35. The number of amides is 1. The highest BCUT2D eigenvalue weighted by Crippen LogP contribution is 2.15. The Hall–Kier alpha value is -3.38. The van der Waals surface area contributed by atoms with Crippen molar-refractivity contribution in [2.24, 2.45) is 0 Å². The monoisotopic (exact) mass is 377 g/mol. The second kappa shape index (κ2) is 7.47. The van der Waals surface area contributed by atoms with Gasteiger partial charge < -0.3 is 5.32 Å². The van der Waals surface area contributed by atoms with Crippen molar-refractivity contribution < 1.29 is 4.79 Å². The Balaban J connectivity index is 1.47. The summed E-state index contributed by atoms with van der Waals surface area (Å²) in [5, 5.41) is 12.1. The number of anilines is 1. The van der Waals surface area contributed by atoms with Crippen molar-refractivity contribution in [1.29, 1.82) is 0 Å². The molecule has 0 spiro atoms. The second-order valence-corrected chi connectivity index (χ2v) is 6.39. The topological polar surface area (TPSA) is 64.7 Å². The summed E-state index contributed by atoms with van der Waals surface area (Å²) < 4.78 is 3.47. The van der Waals surface area contributed by atoms with Gasteiger partial charge >= 0.3 is 0 Å². The number of nitrogens with one attached hydrogen (secondary N) is 1. The molecule has 2 aromatic carbocycles. The maximum Gasteiger partial charge on any atom is 0.256 e. The summed E-state index contributed by atoms with van der Waals surface area (Å²) in [7, 11) is 0. The van der Waals surface area contributed by atoms with Crippen LogP contribution in [-0.2, 0) is 6.54 Å². The summed E-state index contributed by atoms with van der Waals surface area (Å²) in [6, 6.07) is 18.4. The zero-order valence-electron chi connectivity index (χ0n) is 14.3. The molecule has 0 radical (unpaired) electrons. The molecule has 0 bridgehead atoms. The van der Waals surface area contributed by atoms with Crippen LogP contribution in [0.1, 0.15) is 15.9 Å². The molecule has 0 fully saturated rings. The summed E-state index contributed by atoms with van der Waals surface area (Å²) in [4.78, 5) is 12.6. The molecule has 134 valence electrons. The van der Waals surface area contributed by atoms with Gasteiger partial charge in [-0.3, -0.25) is 4.79 Å². The number of carbonyl (C=O) groups is 1. The van der Waals surface area contributed by atoms with E-state index in [0.29, 0.717) is 22.9 Å². The Labute approximate surface area is 161 Å². The van der Waals surface area contributed by atoms with E-state index in [0.717, 1.165) is 11.3 Å². The number of hydrogen-bond acceptors (Lipinski definition) is 3. The van der Waals surface area contributed by atoms with Crippen molar-refractivity contribution in [3.8, 4) is 5.69 Å². The van der Waals surface area contributed by atoms with Gasteiger partial charge in [-0.05, 0) is 48.0 Å². The molecule has 0 aliphatic heterocycles. The second-order valence-electron chi connectivity index (χ2n) is 5.95. The van der Waals surface area contributed by atoms with Crippen LogP contribution in [0.15, 0.2) is 79.3 Å². The zero-order valence-corrected chi connectivity index (χ0v) is 15.0. The molecule has 0 aliphatic rings. The molecule has 0 atom stereocenters. The molecule has 0 unspecified atom stereocenters. The molecule has 4 rings (SSSR count). The lowest BCUT2D eigenvalue weighted by Gasteiger charge is -2.10. The summed E-state index contributed by atoms with van der Waals surface area (Å²) in [5.74, 6) is 0.436. The first kappa shape index (κ1) is 17.1. The van der Waals surface area contributed by atoms with Crippen LogP contribution in [0.5, 0.6) is 0 Å². The Morgan fingerprint density at radius 3 is 2.44 bits per heavy atom. The van der Waals surface area contributed by atoms with E-state index in [2.05, 4.69) is 15.5 Å². The molecular formula is C20H16ClN5O. The largest absolute Gasteiger partial charge is 0.307 e. The van der Waals surface area contributed by atoms with Crippen molar-refractivity contribution in [2.75, 3.05) is 5.32 Å².